The normalized spacial score (nSPS) is 10.2. The van der Waals surface area contributed by atoms with Crippen molar-refractivity contribution in [3.05, 3.63) is 57.3 Å². The second-order valence-electron chi connectivity index (χ2n) is 3.89. The van der Waals surface area contributed by atoms with Gasteiger partial charge >= 0.3 is 5.97 Å². The molecule has 0 N–H and O–H groups in total. The maximum atomic E-state index is 11.3. The highest BCUT2D eigenvalue weighted by atomic mass is 79.9. The van der Waals surface area contributed by atoms with Gasteiger partial charge in [-0.05, 0) is 30.3 Å². The van der Waals surface area contributed by atoms with Crippen molar-refractivity contribution < 1.29 is 14.3 Å². The van der Waals surface area contributed by atoms with Crippen molar-refractivity contribution in [2.75, 3.05) is 7.11 Å². The highest BCUT2D eigenvalue weighted by Gasteiger charge is 2.07. The van der Waals surface area contributed by atoms with E-state index in [2.05, 4.69) is 25.7 Å². The molecule has 0 aliphatic heterocycles. The van der Waals surface area contributed by atoms with Crippen molar-refractivity contribution in [3.8, 4) is 5.75 Å². The van der Waals surface area contributed by atoms with Crippen LogP contribution in [-0.4, -0.2) is 18.1 Å². The van der Waals surface area contributed by atoms with Gasteiger partial charge in [0.15, 0.2) is 0 Å². The molecule has 0 spiro atoms. The SMILES string of the molecule is COC(=O)c1ccc(COc2ccc(Br)cc2Cl)nc1. The second-order valence-corrected chi connectivity index (χ2v) is 5.22. The molecule has 6 heteroatoms. The number of hydrogen-bond acceptors (Lipinski definition) is 4. The number of aromatic nitrogens is 1. The zero-order valence-corrected chi connectivity index (χ0v) is 12.9. The Hall–Kier alpha value is -1.59. The minimum Gasteiger partial charge on any atom is -0.486 e. The van der Waals surface area contributed by atoms with E-state index in [1.54, 1.807) is 24.3 Å². The van der Waals surface area contributed by atoms with Crippen LogP contribution < -0.4 is 4.74 Å². The Morgan fingerprint density at radius 1 is 1.35 bits per heavy atom. The standard InChI is InChI=1S/C14H11BrClNO3/c1-19-14(18)9-2-4-11(17-7-9)8-20-13-5-3-10(15)6-12(13)16/h2-7H,8H2,1H3. The fourth-order valence-corrected chi connectivity index (χ4v) is 2.22. The Labute approximate surface area is 129 Å². The summed E-state index contributed by atoms with van der Waals surface area (Å²) in [6, 6.07) is 8.72. The Morgan fingerprint density at radius 3 is 2.75 bits per heavy atom. The number of ether oxygens (including phenoxy) is 2. The van der Waals surface area contributed by atoms with E-state index in [1.165, 1.54) is 13.3 Å². The molecule has 1 aromatic carbocycles. The molecule has 1 heterocycles. The molecular formula is C14H11BrClNO3. The summed E-state index contributed by atoms with van der Waals surface area (Å²) >= 11 is 9.37. The summed E-state index contributed by atoms with van der Waals surface area (Å²) in [7, 11) is 1.33. The molecule has 0 radical (unpaired) electrons. The first-order valence-electron chi connectivity index (χ1n) is 5.71. The predicted molar refractivity (Wildman–Crippen MR) is 79.1 cm³/mol. The van der Waals surface area contributed by atoms with Gasteiger partial charge in [0, 0.05) is 10.7 Å². The molecule has 0 aliphatic rings. The van der Waals surface area contributed by atoms with Gasteiger partial charge in [0.2, 0.25) is 0 Å². The largest absolute Gasteiger partial charge is 0.486 e. The van der Waals surface area contributed by atoms with E-state index in [1.807, 2.05) is 6.07 Å². The summed E-state index contributed by atoms with van der Waals surface area (Å²) < 4.78 is 11.1. The van der Waals surface area contributed by atoms with Gasteiger partial charge in [-0.1, -0.05) is 27.5 Å². The zero-order chi connectivity index (χ0) is 14.5. The van der Waals surface area contributed by atoms with Gasteiger partial charge in [-0.25, -0.2) is 4.79 Å². The lowest BCUT2D eigenvalue weighted by Gasteiger charge is -2.08. The van der Waals surface area contributed by atoms with Crippen molar-refractivity contribution in [2.45, 2.75) is 6.61 Å². The van der Waals surface area contributed by atoms with Gasteiger partial charge in [-0.15, -0.1) is 0 Å². The van der Waals surface area contributed by atoms with Gasteiger partial charge in [-0.3, -0.25) is 4.98 Å². The van der Waals surface area contributed by atoms with Crippen LogP contribution in [0.5, 0.6) is 5.75 Å². The lowest BCUT2D eigenvalue weighted by molar-refractivity contribution is 0.0600. The third-order valence-electron chi connectivity index (χ3n) is 2.52. The Balaban J connectivity index is 2.02. The molecule has 2 aromatic rings. The number of rotatable bonds is 4. The van der Waals surface area contributed by atoms with Crippen molar-refractivity contribution in [3.63, 3.8) is 0 Å². The second kappa shape index (κ2) is 6.72. The maximum Gasteiger partial charge on any atom is 0.339 e. The van der Waals surface area contributed by atoms with Gasteiger partial charge in [0.05, 0.1) is 23.4 Å². The predicted octanol–water partition coefficient (Wildman–Crippen LogP) is 3.86. The molecule has 0 aliphatic carbocycles. The van der Waals surface area contributed by atoms with Crippen LogP contribution in [0.15, 0.2) is 41.0 Å². The Morgan fingerprint density at radius 2 is 2.15 bits per heavy atom. The lowest BCUT2D eigenvalue weighted by Crippen LogP contribution is -2.04. The third-order valence-corrected chi connectivity index (χ3v) is 3.30. The summed E-state index contributed by atoms with van der Waals surface area (Å²) in [4.78, 5) is 15.4. The lowest BCUT2D eigenvalue weighted by atomic mass is 10.2. The van der Waals surface area contributed by atoms with Crippen LogP contribution in [0.1, 0.15) is 16.1 Å². The fraction of sp³-hybridized carbons (Fsp3) is 0.143. The first kappa shape index (κ1) is 14.8. The highest BCUT2D eigenvalue weighted by molar-refractivity contribution is 9.10. The van der Waals surface area contributed by atoms with Crippen LogP contribution in [0.3, 0.4) is 0 Å². The number of benzene rings is 1. The average molecular weight is 357 g/mol. The van der Waals surface area contributed by atoms with Crippen molar-refractivity contribution in [1.29, 1.82) is 0 Å². The molecule has 0 saturated heterocycles. The number of nitrogens with zero attached hydrogens (tertiary/aromatic N) is 1. The van der Waals surface area contributed by atoms with Crippen molar-refractivity contribution in [2.24, 2.45) is 0 Å². The maximum absolute atomic E-state index is 11.3. The quantitative estimate of drug-likeness (QED) is 0.781. The topological polar surface area (TPSA) is 48.4 Å². The van der Waals surface area contributed by atoms with Crippen molar-refractivity contribution >= 4 is 33.5 Å². The zero-order valence-electron chi connectivity index (χ0n) is 10.6. The molecule has 0 atom stereocenters. The van der Waals surface area contributed by atoms with Gasteiger partial charge in [0.25, 0.3) is 0 Å². The summed E-state index contributed by atoms with van der Waals surface area (Å²) in [5.74, 6) is 0.162. The van der Waals surface area contributed by atoms with E-state index in [9.17, 15) is 4.79 Å². The molecule has 1 aromatic heterocycles. The summed E-state index contributed by atoms with van der Waals surface area (Å²) in [6.07, 6.45) is 1.45. The first-order valence-corrected chi connectivity index (χ1v) is 6.88. The van der Waals surface area contributed by atoms with E-state index in [0.29, 0.717) is 22.0 Å². The highest BCUT2D eigenvalue weighted by Crippen LogP contribution is 2.28. The van der Waals surface area contributed by atoms with Crippen molar-refractivity contribution in [1.82, 2.24) is 4.98 Å². The summed E-state index contributed by atoms with van der Waals surface area (Å²) in [5, 5.41) is 0.519. The van der Waals surface area contributed by atoms with E-state index >= 15 is 0 Å². The molecule has 20 heavy (non-hydrogen) atoms. The van der Waals surface area contributed by atoms with Gasteiger partial charge in [-0.2, -0.15) is 0 Å². The molecular weight excluding hydrogens is 346 g/mol. The molecule has 0 unspecified atom stereocenters. The Bertz CT molecular complexity index is 616. The van der Waals surface area contributed by atoms with Crippen LogP contribution in [0.25, 0.3) is 0 Å². The molecule has 0 fully saturated rings. The number of halogens is 2. The Kier molecular flexibility index (Phi) is 4.98. The molecule has 104 valence electrons. The van der Waals surface area contributed by atoms with Crippen LogP contribution in [0.2, 0.25) is 5.02 Å². The average Bonchev–Trinajstić information content (AvgIpc) is 2.46. The number of esters is 1. The minimum atomic E-state index is -0.416. The number of carbonyl (C=O) groups excluding carboxylic acids is 1. The van der Waals surface area contributed by atoms with Gasteiger partial charge in [0.1, 0.15) is 12.4 Å². The molecule has 4 nitrogen and oxygen atoms in total. The fourth-order valence-electron chi connectivity index (χ4n) is 1.49. The molecule has 0 saturated carbocycles. The van der Waals surface area contributed by atoms with Crippen LogP contribution in [0, 0.1) is 0 Å². The number of carbonyl (C=O) groups is 1. The number of pyridine rings is 1. The number of hydrogen-bond donors (Lipinski definition) is 0. The number of methoxy groups -OCH3 is 1. The van der Waals surface area contributed by atoms with Crippen LogP contribution >= 0.6 is 27.5 Å². The van der Waals surface area contributed by atoms with Crippen LogP contribution in [-0.2, 0) is 11.3 Å². The molecule has 2 rings (SSSR count). The molecule has 0 bridgehead atoms. The minimum absolute atomic E-state index is 0.267. The third kappa shape index (κ3) is 3.71. The molecule has 0 amide bonds. The van der Waals surface area contributed by atoms with E-state index in [0.717, 1.165) is 4.47 Å². The monoisotopic (exact) mass is 355 g/mol. The summed E-state index contributed by atoms with van der Waals surface area (Å²) in [5.41, 5.74) is 1.09. The summed E-state index contributed by atoms with van der Waals surface area (Å²) in [6.45, 7) is 0.267. The first-order chi connectivity index (χ1) is 9.60. The van der Waals surface area contributed by atoms with E-state index < -0.39 is 5.97 Å². The van der Waals surface area contributed by atoms with E-state index in [4.69, 9.17) is 16.3 Å². The smallest absolute Gasteiger partial charge is 0.339 e. The van der Waals surface area contributed by atoms with Crippen LogP contribution in [0.4, 0.5) is 0 Å². The van der Waals surface area contributed by atoms with Gasteiger partial charge < -0.3 is 9.47 Å². The van der Waals surface area contributed by atoms with E-state index in [-0.39, 0.29) is 6.61 Å².